The van der Waals surface area contributed by atoms with Crippen LogP contribution in [0.25, 0.3) is 0 Å². The molecule has 0 N–H and O–H groups in total. The standard InChI is InChI=1S/C28H18F6N2O/c29-27(30,31)21-5-1-3-19(15-21)17-35-23-7-11-25(12-8-23)37-26-13-9-24(10-14-26)36-18-20-4-2-6-22(16-20)28(32,33)34/h1-18H. The van der Waals surface area contributed by atoms with E-state index < -0.39 is 23.5 Å². The Morgan fingerprint density at radius 1 is 0.514 bits per heavy atom. The maximum Gasteiger partial charge on any atom is 0.416 e. The third-order valence-corrected chi connectivity index (χ3v) is 5.06. The van der Waals surface area contributed by atoms with Crippen molar-refractivity contribution in [2.45, 2.75) is 12.4 Å². The number of nitrogens with zero attached hydrogens (tertiary/aromatic N) is 2. The number of rotatable bonds is 6. The van der Waals surface area contributed by atoms with Crippen molar-refractivity contribution in [2.75, 3.05) is 0 Å². The van der Waals surface area contributed by atoms with E-state index in [1.54, 1.807) is 48.5 Å². The highest BCUT2D eigenvalue weighted by molar-refractivity contribution is 5.83. The van der Waals surface area contributed by atoms with E-state index in [0.717, 1.165) is 24.3 Å². The molecular weight excluding hydrogens is 494 g/mol. The van der Waals surface area contributed by atoms with Crippen LogP contribution in [0.3, 0.4) is 0 Å². The fraction of sp³-hybridized carbons (Fsp3) is 0.0714. The first-order valence-electron chi connectivity index (χ1n) is 10.9. The molecule has 0 aliphatic carbocycles. The predicted octanol–water partition coefficient (Wildman–Crippen LogP) is 9.02. The number of halogens is 6. The van der Waals surface area contributed by atoms with Gasteiger partial charge in [-0.3, -0.25) is 9.98 Å². The van der Waals surface area contributed by atoms with Gasteiger partial charge in [0.05, 0.1) is 22.5 Å². The van der Waals surface area contributed by atoms with Gasteiger partial charge in [-0.25, -0.2) is 0 Å². The van der Waals surface area contributed by atoms with Crippen LogP contribution in [-0.4, -0.2) is 12.4 Å². The molecule has 0 unspecified atom stereocenters. The van der Waals surface area contributed by atoms with E-state index in [4.69, 9.17) is 4.74 Å². The van der Waals surface area contributed by atoms with Crippen molar-refractivity contribution in [3.63, 3.8) is 0 Å². The van der Waals surface area contributed by atoms with Crippen LogP contribution in [0.2, 0.25) is 0 Å². The van der Waals surface area contributed by atoms with Gasteiger partial charge in [0.2, 0.25) is 0 Å². The maximum absolute atomic E-state index is 12.8. The Morgan fingerprint density at radius 2 is 0.892 bits per heavy atom. The third-order valence-electron chi connectivity index (χ3n) is 5.06. The molecule has 0 aromatic heterocycles. The van der Waals surface area contributed by atoms with Crippen LogP contribution in [0.4, 0.5) is 37.7 Å². The molecule has 9 heteroatoms. The first kappa shape index (κ1) is 25.7. The molecule has 0 radical (unpaired) electrons. The highest BCUT2D eigenvalue weighted by Gasteiger charge is 2.30. The Kier molecular flexibility index (Phi) is 7.42. The highest BCUT2D eigenvalue weighted by Crippen LogP contribution is 2.31. The van der Waals surface area contributed by atoms with Crippen LogP contribution < -0.4 is 4.74 Å². The number of ether oxygens (including phenoxy) is 1. The van der Waals surface area contributed by atoms with E-state index in [1.165, 1.54) is 36.7 Å². The van der Waals surface area contributed by atoms with Gasteiger partial charge >= 0.3 is 12.4 Å². The van der Waals surface area contributed by atoms with Crippen LogP contribution in [0, 0.1) is 0 Å². The summed E-state index contributed by atoms with van der Waals surface area (Å²) in [5.74, 6) is 1.02. The lowest BCUT2D eigenvalue weighted by Gasteiger charge is -2.07. The summed E-state index contributed by atoms with van der Waals surface area (Å²) in [5.41, 5.74) is 0.227. The number of benzene rings is 4. The quantitative estimate of drug-likeness (QED) is 0.187. The minimum atomic E-state index is -4.42. The van der Waals surface area contributed by atoms with Gasteiger partial charge in [0.1, 0.15) is 11.5 Å². The molecule has 188 valence electrons. The number of hydrogen-bond acceptors (Lipinski definition) is 3. The Labute approximate surface area is 208 Å². The summed E-state index contributed by atoms with van der Waals surface area (Å²) in [5, 5.41) is 0. The highest BCUT2D eigenvalue weighted by atomic mass is 19.4. The monoisotopic (exact) mass is 512 g/mol. The molecule has 37 heavy (non-hydrogen) atoms. The van der Waals surface area contributed by atoms with Crippen molar-refractivity contribution in [2.24, 2.45) is 9.98 Å². The van der Waals surface area contributed by atoms with Gasteiger partial charge in [-0.2, -0.15) is 26.3 Å². The first-order chi connectivity index (χ1) is 17.6. The summed E-state index contributed by atoms with van der Waals surface area (Å²) >= 11 is 0. The van der Waals surface area contributed by atoms with E-state index >= 15 is 0 Å². The average Bonchev–Trinajstić information content (AvgIpc) is 2.87. The fourth-order valence-corrected chi connectivity index (χ4v) is 3.23. The average molecular weight is 512 g/mol. The first-order valence-corrected chi connectivity index (χ1v) is 10.9. The summed E-state index contributed by atoms with van der Waals surface area (Å²) in [6, 6.07) is 23.0. The maximum atomic E-state index is 12.8. The SMILES string of the molecule is FC(F)(F)c1cccc(C=Nc2ccc(Oc3ccc(N=Cc4cccc(C(F)(F)F)c4)cc3)cc2)c1. The van der Waals surface area contributed by atoms with Gasteiger partial charge in [0.25, 0.3) is 0 Å². The molecule has 0 aliphatic heterocycles. The number of alkyl halides is 6. The van der Waals surface area contributed by atoms with Crippen molar-refractivity contribution >= 4 is 23.8 Å². The van der Waals surface area contributed by atoms with Gasteiger partial charge in [0, 0.05) is 12.4 Å². The second-order valence-electron chi connectivity index (χ2n) is 7.85. The van der Waals surface area contributed by atoms with E-state index in [-0.39, 0.29) is 0 Å². The molecule has 0 bridgehead atoms. The van der Waals surface area contributed by atoms with Gasteiger partial charge in [0.15, 0.2) is 0 Å². The van der Waals surface area contributed by atoms with E-state index in [9.17, 15) is 26.3 Å². The van der Waals surface area contributed by atoms with Crippen molar-refractivity contribution in [3.05, 3.63) is 119 Å². The van der Waals surface area contributed by atoms with E-state index in [0.29, 0.717) is 34.0 Å². The lowest BCUT2D eigenvalue weighted by molar-refractivity contribution is -0.138. The lowest BCUT2D eigenvalue weighted by atomic mass is 10.1. The molecule has 0 spiro atoms. The zero-order chi connectivity index (χ0) is 26.5. The summed E-state index contributed by atoms with van der Waals surface area (Å²) in [4.78, 5) is 8.39. The molecule has 0 heterocycles. The van der Waals surface area contributed by atoms with Crippen LogP contribution in [0.15, 0.2) is 107 Å². The zero-order valence-electron chi connectivity index (χ0n) is 19.0. The minimum Gasteiger partial charge on any atom is -0.457 e. The van der Waals surface area contributed by atoms with Crippen molar-refractivity contribution in [3.8, 4) is 11.5 Å². The second kappa shape index (κ2) is 10.7. The van der Waals surface area contributed by atoms with Crippen LogP contribution in [-0.2, 0) is 12.4 Å². The molecule has 0 aliphatic rings. The normalized spacial score (nSPS) is 12.4. The summed E-state index contributed by atoms with van der Waals surface area (Å²) < 4.78 is 82.8. The summed E-state index contributed by atoms with van der Waals surface area (Å²) in [7, 11) is 0. The predicted molar refractivity (Wildman–Crippen MR) is 130 cm³/mol. The number of hydrogen-bond donors (Lipinski definition) is 0. The van der Waals surface area contributed by atoms with Gasteiger partial charge in [-0.1, -0.05) is 24.3 Å². The van der Waals surface area contributed by atoms with Crippen LogP contribution in [0.5, 0.6) is 11.5 Å². The molecule has 0 fully saturated rings. The topological polar surface area (TPSA) is 34.0 Å². The molecule has 0 saturated heterocycles. The minimum absolute atomic E-state index is 0.325. The third kappa shape index (κ3) is 7.30. The van der Waals surface area contributed by atoms with Crippen LogP contribution in [0.1, 0.15) is 22.3 Å². The lowest BCUT2D eigenvalue weighted by Crippen LogP contribution is -2.04. The van der Waals surface area contributed by atoms with Crippen molar-refractivity contribution in [1.29, 1.82) is 0 Å². The molecule has 0 amide bonds. The molecule has 4 aromatic rings. The Hall–Kier alpha value is -4.40. The van der Waals surface area contributed by atoms with Gasteiger partial charge in [-0.15, -0.1) is 0 Å². The Bertz CT molecular complexity index is 1300. The van der Waals surface area contributed by atoms with Gasteiger partial charge < -0.3 is 4.74 Å². The number of aliphatic imine (C=N–C) groups is 2. The second-order valence-corrected chi connectivity index (χ2v) is 7.85. The van der Waals surface area contributed by atoms with E-state index in [1.807, 2.05) is 0 Å². The smallest absolute Gasteiger partial charge is 0.416 e. The van der Waals surface area contributed by atoms with Crippen LogP contribution >= 0.6 is 0 Å². The summed E-state index contributed by atoms with van der Waals surface area (Å²) in [6.07, 6.45) is -6.14. The molecule has 4 aromatic carbocycles. The summed E-state index contributed by atoms with van der Waals surface area (Å²) in [6.45, 7) is 0. The fourth-order valence-electron chi connectivity index (χ4n) is 3.23. The Balaban J connectivity index is 1.36. The van der Waals surface area contributed by atoms with Crippen molar-refractivity contribution < 1.29 is 31.1 Å². The zero-order valence-corrected chi connectivity index (χ0v) is 19.0. The molecular formula is C28H18F6N2O. The molecule has 3 nitrogen and oxygen atoms in total. The Morgan fingerprint density at radius 3 is 1.24 bits per heavy atom. The van der Waals surface area contributed by atoms with Crippen molar-refractivity contribution in [1.82, 2.24) is 0 Å². The van der Waals surface area contributed by atoms with E-state index in [2.05, 4.69) is 9.98 Å². The van der Waals surface area contributed by atoms with Gasteiger partial charge in [-0.05, 0) is 83.9 Å². The molecule has 0 atom stereocenters. The largest absolute Gasteiger partial charge is 0.457 e. The molecule has 0 saturated carbocycles. The molecule has 4 rings (SSSR count).